The van der Waals surface area contributed by atoms with E-state index in [1.807, 2.05) is 0 Å². The van der Waals surface area contributed by atoms with E-state index in [1.54, 1.807) is 0 Å². The third-order valence-electron chi connectivity index (χ3n) is 4.27. The molecule has 20 heavy (non-hydrogen) atoms. The Labute approximate surface area is 126 Å². The average molecular weight is 275 g/mol. The molecule has 0 radical (unpaired) electrons. The van der Waals surface area contributed by atoms with Crippen molar-refractivity contribution in [2.24, 2.45) is 5.92 Å². The van der Waals surface area contributed by atoms with E-state index in [9.17, 15) is 0 Å². The Morgan fingerprint density at radius 3 is 2.25 bits per heavy atom. The van der Waals surface area contributed by atoms with Crippen LogP contribution in [0.5, 0.6) is 0 Å². The summed E-state index contributed by atoms with van der Waals surface area (Å²) in [6.45, 7) is 10.3. The Balaban J connectivity index is 2.42. The Hall–Kier alpha value is -0.820. The molecule has 0 aliphatic heterocycles. The lowest BCUT2D eigenvalue weighted by atomic mass is 9.98. The lowest BCUT2D eigenvalue weighted by molar-refractivity contribution is 0.398. The highest BCUT2D eigenvalue weighted by molar-refractivity contribution is 5.24. The Morgan fingerprint density at radius 1 is 1.00 bits per heavy atom. The van der Waals surface area contributed by atoms with Crippen molar-refractivity contribution in [2.75, 3.05) is 6.54 Å². The van der Waals surface area contributed by atoms with E-state index >= 15 is 0 Å². The van der Waals surface area contributed by atoms with Gasteiger partial charge < -0.3 is 5.32 Å². The standard InChI is InChI=1S/C19H33N/c1-5-8-10-17(7-3)15-20-16(4)19-13-11-18(9-6-2)12-14-19/h11-14,16-17,20H,5-10,15H2,1-4H3. The summed E-state index contributed by atoms with van der Waals surface area (Å²) >= 11 is 0. The zero-order valence-electron chi connectivity index (χ0n) is 13.9. The third kappa shape index (κ3) is 6.09. The van der Waals surface area contributed by atoms with Crippen LogP contribution in [0.2, 0.25) is 0 Å². The molecule has 2 atom stereocenters. The number of benzene rings is 1. The molecule has 0 heterocycles. The fourth-order valence-corrected chi connectivity index (χ4v) is 2.67. The summed E-state index contributed by atoms with van der Waals surface area (Å²) in [4.78, 5) is 0. The quantitative estimate of drug-likeness (QED) is 0.594. The first-order valence-corrected chi connectivity index (χ1v) is 8.53. The molecule has 0 saturated heterocycles. The molecule has 2 unspecified atom stereocenters. The van der Waals surface area contributed by atoms with Crippen LogP contribution in [0, 0.1) is 5.92 Å². The monoisotopic (exact) mass is 275 g/mol. The van der Waals surface area contributed by atoms with Crippen molar-refractivity contribution in [3.05, 3.63) is 35.4 Å². The summed E-state index contributed by atoms with van der Waals surface area (Å²) in [5.41, 5.74) is 2.87. The lowest BCUT2D eigenvalue weighted by Crippen LogP contribution is -2.25. The minimum Gasteiger partial charge on any atom is -0.310 e. The van der Waals surface area contributed by atoms with Gasteiger partial charge in [0, 0.05) is 6.04 Å². The summed E-state index contributed by atoms with van der Waals surface area (Å²) in [5.74, 6) is 0.830. The summed E-state index contributed by atoms with van der Waals surface area (Å²) < 4.78 is 0. The first kappa shape index (κ1) is 17.2. The smallest absolute Gasteiger partial charge is 0.0291 e. The van der Waals surface area contributed by atoms with Gasteiger partial charge in [-0.15, -0.1) is 0 Å². The van der Waals surface area contributed by atoms with E-state index in [0.717, 1.165) is 12.5 Å². The van der Waals surface area contributed by atoms with E-state index in [4.69, 9.17) is 0 Å². The third-order valence-corrected chi connectivity index (χ3v) is 4.27. The van der Waals surface area contributed by atoms with Crippen LogP contribution in [0.15, 0.2) is 24.3 Å². The lowest BCUT2D eigenvalue weighted by Gasteiger charge is -2.20. The van der Waals surface area contributed by atoms with Gasteiger partial charge in [-0.2, -0.15) is 0 Å². The van der Waals surface area contributed by atoms with Crippen LogP contribution in [0.4, 0.5) is 0 Å². The van der Waals surface area contributed by atoms with E-state index in [-0.39, 0.29) is 0 Å². The molecule has 1 aromatic carbocycles. The molecular formula is C19H33N. The van der Waals surface area contributed by atoms with Gasteiger partial charge in [0.1, 0.15) is 0 Å². The van der Waals surface area contributed by atoms with Crippen LogP contribution in [0.25, 0.3) is 0 Å². The number of hydrogen-bond donors (Lipinski definition) is 1. The van der Waals surface area contributed by atoms with E-state index in [1.165, 1.54) is 49.7 Å². The van der Waals surface area contributed by atoms with E-state index in [2.05, 4.69) is 57.3 Å². The second-order valence-electron chi connectivity index (χ2n) is 6.04. The van der Waals surface area contributed by atoms with Crippen LogP contribution >= 0.6 is 0 Å². The summed E-state index contributed by atoms with van der Waals surface area (Å²) in [7, 11) is 0. The van der Waals surface area contributed by atoms with Gasteiger partial charge in [0.15, 0.2) is 0 Å². The van der Waals surface area contributed by atoms with Crippen LogP contribution in [-0.4, -0.2) is 6.54 Å². The molecule has 0 aromatic heterocycles. The zero-order chi connectivity index (χ0) is 14.8. The first-order valence-electron chi connectivity index (χ1n) is 8.53. The van der Waals surface area contributed by atoms with Crippen LogP contribution in [-0.2, 0) is 6.42 Å². The van der Waals surface area contributed by atoms with E-state index in [0.29, 0.717) is 6.04 Å². The fraction of sp³-hybridized carbons (Fsp3) is 0.684. The Morgan fingerprint density at radius 2 is 1.70 bits per heavy atom. The van der Waals surface area contributed by atoms with Gasteiger partial charge >= 0.3 is 0 Å². The van der Waals surface area contributed by atoms with Gasteiger partial charge in [-0.05, 0) is 43.4 Å². The van der Waals surface area contributed by atoms with Gasteiger partial charge in [0.2, 0.25) is 0 Å². The molecule has 0 aliphatic rings. The largest absolute Gasteiger partial charge is 0.310 e. The van der Waals surface area contributed by atoms with Crippen LogP contribution in [0.1, 0.15) is 77.0 Å². The minimum atomic E-state index is 0.460. The molecule has 1 aromatic rings. The van der Waals surface area contributed by atoms with Gasteiger partial charge in [-0.3, -0.25) is 0 Å². The predicted octanol–water partition coefficient (Wildman–Crippen LogP) is 5.51. The summed E-state index contributed by atoms with van der Waals surface area (Å²) in [6.07, 6.45) is 7.74. The first-order chi connectivity index (χ1) is 9.71. The minimum absolute atomic E-state index is 0.460. The number of unbranched alkanes of at least 4 members (excludes halogenated alkanes) is 1. The highest BCUT2D eigenvalue weighted by atomic mass is 14.9. The van der Waals surface area contributed by atoms with Crippen LogP contribution in [0.3, 0.4) is 0 Å². The van der Waals surface area contributed by atoms with Crippen molar-refractivity contribution in [1.29, 1.82) is 0 Å². The normalized spacial score (nSPS) is 14.2. The SMILES string of the molecule is CCCCC(CC)CNC(C)c1ccc(CCC)cc1. The Bertz CT molecular complexity index is 341. The number of nitrogens with one attached hydrogen (secondary N) is 1. The van der Waals surface area contributed by atoms with Crippen molar-refractivity contribution in [1.82, 2.24) is 5.32 Å². The molecule has 0 aliphatic carbocycles. The van der Waals surface area contributed by atoms with Gasteiger partial charge in [-0.25, -0.2) is 0 Å². The molecule has 114 valence electrons. The maximum absolute atomic E-state index is 3.71. The molecule has 0 amide bonds. The average Bonchev–Trinajstić information content (AvgIpc) is 2.48. The molecular weight excluding hydrogens is 242 g/mol. The van der Waals surface area contributed by atoms with Crippen molar-refractivity contribution >= 4 is 0 Å². The number of hydrogen-bond acceptors (Lipinski definition) is 1. The molecule has 1 nitrogen and oxygen atoms in total. The maximum Gasteiger partial charge on any atom is 0.0291 e. The molecule has 1 rings (SSSR count). The maximum atomic E-state index is 3.71. The molecule has 0 fully saturated rings. The van der Waals surface area contributed by atoms with Gasteiger partial charge in [0.05, 0.1) is 0 Å². The number of rotatable bonds is 10. The zero-order valence-corrected chi connectivity index (χ0v) is 13.9. The Kier molecular flexibility index (Phi) is 8.60. The molecule has 0 saturated carbocycles. The number of aryl methyl sites for hydroxylation is 1. The van der Waals surface area contributed by atoms with Gasteiger partial charge in [0.25, 0.3) is 0 Å². The van der Waals surface area contributed by atoms with Crippen molar-refractivity contribution in [3.63, 3.8) is 0 Å². The van der Waals surface area contributed by atoms with Gasteiger partial charge in [-0.1, -0.05) is 70.7 Å². The molecule has 1 heteroatoms. The van der Waals surface area contributed by atoms with Crippen molar-refractivity contribution in [2.45, 2.75) is 72.3 Å². The predicted molar refractivity (Wildman–Crippen MR) is 90.2 cm³/mol. The second kappa shape index (κ2) is 9.99. The van der Waals surface area contributed by atoms with Crippen molar-refractivity contribution < 1.29 is 0 Å². The topological polar surface area (TPSA) is 12.0 Å². The molecule has 0 spiro atoms. The second-order valence-corrected chi connectivity index (χ2v) is 6.04. The fourth-order valence-electron chi connectivity index (χ4n) is 2.67. The highest BCUT2D eigenvalue weighted by Crippen LogP contribution is 2.17. The van der Waals surface area contributed by atoms with E-state index < -0.39 is 0 Å². The van der Waals surface area contributed by atoms with Crippen LogP contribution < -0.4 is 5.32 Å². The summed E-state index contributed by atoms with van der Waals surface area (Å²) in [5, 5.41) is 3.71. The molecule has 1 N–H and O–H groups in total. The van der Waals surface area contributed by atoms with Crippen molar-refractivity contribution in [3.8, 4) is 0 Å². The molecule has 0 bridgehead atoms. The summed E-state index contributed by atoms with van der Waals surface area (Å²) in [6, 6.07) is 9.60. The highest BCUT2D eigenvalue weighted by Gasteiger charge is 2.09.